The molecule has 4 rings (SSSR count). The lowest BCUT2D eigenvalue weighted by molar-refractivity contribution is -0.146. The molecular formula is C22H26F3N3O4. The van der Waals surface area contributed by atoms with Crippen molar-refractivity contribution >= 4 is 29.1 Å². The van der Waals surface area contributed by atoms with Crippen molar-refractivity contribution < 1.29 is 32.3 Å². The molecule has 0 radical (unpaired) electrons. The van der Waals surface area contributed by atoms with Gasteiger partial charge in [-0.2, -0.15) is 13.2 Å². The lowest BCUT2D eigenvalue weighted by Gasteiger charge is -2.31. The molecule has 2 aliphatic heterocycles. The largest absolute Gasteiger partial charge is 0.416 e. The van der Waals surface area contributed by atoms with E-state index in [0.717, 1.165) is 29.9 Å². The standard InChI is InChI=1S/C22H26F3N3O4/c1-13(28-20(30)15-4-2-3-5-16(15)21(28)31)19(29)26-17-12-14(22(23,24)25)6-7-18(17)27-8-10-32-11-9-27/h6-7,12-13,15-16H,2-5,8-11H2,1H3,(H,26,29)/t13-,15?,16?/m0/s1. The molecule has 1 aliphatic carbocycles. The molecule has 174 valence electrons. The predicted octanol–water partition coefficient (Wildman–Crippen LogP) is 3.04. The maximum atomic E-state index is 13.3. The van der Waals surface area contributed by atoms with Crippen LogP contribution in [0.25, 0.3) is 0 Å². The Morgan fingerprint density at radius 1 is 1.09 bits per heavy atom. The number of anilines is 2. The van der Waals surface area contributed by atoms with E-state index in [1.807, 2.05) is 4.90 Å². The average Bonchev–Trinajstić information content (AvgIpc) is 3.03. The van der Waals surface area contributed by atoms with Gasteiger partial charge in [0.2, 0.25) is 17.7 Å². The van der Waals surface area contributed by atoms with Gasteiger partial charge in [0.1, 0.15) is 6.04 Å². The lowest BCUT2D eigenvalue weighted by atomic mass is 9.81. The molecule has 0 aromatic heterocycles. The minimum absolute atomic E-state index is 0.00455. The van der Waals surface area contributed by atoms with Crippen molar-refractivity contribution in [2.75, 3.05) is 36.5 Å². The Labute approximate surface area is 183 Å². The van der Waals surface area contributed by atoms with Crippen LogP contribution in [0.2, 0.25) is 0 Å². The number of nitrogens with zero attached hydrogens (tertiary/aromatic N) is 2. The van der Waals surface area contributed by atoms with Gasteiger partial charge >= 0.3 is 6.18 Å². The number of nitrogens with one attached hydrogen (secondary N) is 1. The van der Waals surface area contributed by atoms with Crippen molar-refractivity contribution in [3.63, 3.8) is 0 Å². The fourth-order valence-corrected chi connectivity index (χ4v) is 4.82. The zero-order valence-electron chi connectivity index (χ0n) is 17.8. The summed E-state index contributed by atoms with van der Waals surface area (Å²) in [5.74, 6) is -2.22. The molecule has 2 unspecified atom stereocenters. The van der Waals surface area contributed by atoms with Crippen LogP contribution in [-0.4, -0.2) is 55.0 Å². The number of alkyl halides is 3. The van der Waals surface area contributed by atoms with Crippen LogP contribution in [0.5, 0.6) is 0 Å². The second-order valence-corrected chi connectivity index (χ2v) is 8.54. The summed E-state index contributed by atoms with van der Waals surface area (Å²) >= 11 is 0. The third-order valence-electron chi connectivity index (χ3n) is 6.58. The smallest absolute Gasteiger partial charge is 0.378 e. The van der Waals surface area contributed by atoms with Crippen molar-refractivity contribution in [2.24, 2.45) is 11.8 Å². The zero-order chi connectivity index (χ0) is 23.0. The van der Waals surface area contributed by atoms with Crippen LogP contribution in [0, 0.1) is 11.8 Å². The Kier molecular flexibility index (Phi) is 6.15. The van der Waals surface area contributed by atoms with E-state index in [0.29, 0.717) is 44.8 Å². The predicted molar refractivity (Wildman–Crippen MR) is 110 cm³/mol. The highest BCUT2D eigenvalue weighted by molar-refractivity contribution is 6.10. The molecular weight excluding hydrogens is 427 g/mol. The quantitative estimate of drug-likeness (QED) is 0.709. The molecule has 0 spiro atoms. The van der Waals surface area contributed by atoms with Gasteiger partial charge in [0.05, 0.1) is 42.0 Å². The number of fused-ring (bicyclic) bond motifs is 1. The molecule has 1 aromatic carbocycles. The zero-order valence-corrected chi connectivity index (χ0v) is 17.8. The number of carbonyl (C=O) groups is 3. The maximum Gasteiger partial charge on any atom is 0.416 e. The number of ether oxygens (including phenoxy) is 1. The van der Waals surface area contributed by atoms with Crippen molar-refractivity contribution in [1.82, 2.24) is 4.90 Å². The summed E-state index contributed by atoms with van der Waals surface area (Å²) in [6.45, 7) is 3.21. The van der Waals surface area contributed by atoms with E-state index in [1.54, 1.807) is 0 Å². The monoisotopic (exact) mass is 453 g/mol. The first-order valence-electron chi connectivity index (χ1n) is 10.9. The molecule has 0 bridgehead atoms. The van der Waals surface area contributed by atoms with Crippen LogP contribution in [0.1, 0.15) is 38.2 Å². The van der Waals surface area contributed by atoms with E-state index in [-0.39, 0.29) is 17.5 Å². The van der Waals surface area contributed by atoms with Gasteiger partial charge in [0, 0.05) is 13.1 Å². The first kappa shape index (κ1) is 22.6. The summed E-state index contributed by atoms with van der Waals surface area (Å²) in [5, 5.41) is 2.55. The number of benzene rings is 1. The van der Waals surface area contributed by atoms with E-state index in [2.05, 4.69) is 5.32 Å². The van der Waals surface area contributed by atoms with E-state index in [9.17, 15) is 27.6 Å². The first-order chi connectivity index (χ1) is 15.2. The van der Waals surface area contributed by atoms with Crippen LogP contribution in [0.4, 0.5) is 24.5 Å². The molecule has 1 aromatic rings. The van der Waals surface area contributed by atoms with E-state index in [1.165, 1.54) is 13.0 Å². The van der Waals surface area contributed by atoms with Crippen LogP contribution < -0.4 is 10.2 Å². The Morgan fingerprint density at radius 3 is 2.25 bits per heavy atom. The Morgan fingerprint density at radius 2 is 1.69 bits per heavy atom. The molecule has 1 saturated carbocycles. The van der Waals surface area contributed by atoms with Crippen LogP contribution in [0.3, 0.4) is 0 Å². The van der Waals surface area contributed by atoms with Crippen LogP contribution >= 0.6 is 0 Å². The van der Waals surface area contributed by atoms with Crippen molar-refractivity contribution in [1.29, 1.82) is 0 Å². The third-order valence-corrected chi connectivity index (χ3v) is 6.58. The van der Waals surface area contributed by atoms with Gasteiger partial charge < -0.3 is 15.0 Å². The topological polar surface area (TPSA) is 79.0 Å². The summed E-state index contributed by atoms with van der Waals surface area (Å²) in [6.07, 6.45) is -1.61. The molecule has 7 nitrogen and oxygen atoms in total. The van der Waals surface area contributed by atoms with Crippen molar-refractivity contribution in [3.8, 4) is 0 Å². The van der Waals surface area contributed by atoms with Crippen molar-refractivity contribution in [3.05, 3.63) is 23.8 Å². The number of carbonyl (C=O) groups excluding carboxylic acids is 3. The Balaban J connectivity index is 1.58. The summed E-state index contributed by atoms with van der Waals surface area (Å²) in [7, 11) is 0. The normalized spacial score (nSPS) is 25.0. The summed E-state index contributed by atoms with van der Waals surface area (Å²) in [5.41, 5.74) is -0.457. The molecule has 10 heteroatoms. The number of likely N-dealkylation sites (tertiary alicyclic amines) is 1. The van der Waals surface area contributed by atoms with Crippen molar-refractivity contribution in [2.45, 2.75) is 44.8 Å². The highest BCUT2D eigenvalue weighted by Gasteiger charge is 2.50. The van der Waals surface area contributed by atoms with Crippen LogP contribution in [0.15, 0.2) is 18.2 Å². The Hall–Kier alpha value is -2.62. The second kappa shape index (κ2) is 8.73. The highest BCUT2D eigenvalue weighted by atomic mass is 19.4. The average molecular weight is 453 g/mol. The highest BCUT2D eigenvalue weighted by Crippen LogP contribution is 2.39. The van der Waals surface area contributed by atoms with E-state index in [4.69, 9.17) is 4.74 Å². The third kappa shape index (κ3) is 4.20. The number of imide groups is 1. The van der Waals surface area contributed by atoms with Gasteiger partial charge in [-0.15, -0.1) is 0 Å². The summed E-state index contributed by atoms with van der Waals surface area (Å²) in [4.78, 5) is 41.5. The number of hydrogen-bond acceptors (Lipinski definition) is 5. The molecule has 3 amide bonds. The van der Waals surface area contributed by atoms with Gasteiger partial charge in [0.25, 0.3) is 0 Å². The van der Waals surface area contributed by atoms with Gasteiger partial charge in [0.15, 0.2) is 0 Å². The number of morpholine rings is 1. The Bertz CT molecular complexity index is 890. The van der Waals surface area contributed by atoms with Crippen LogP contribution in [-0.2, 0) is 25.3 Å². The fraction of sp³-hybridized carbons (Fsp3) is 0.591. The second-order valence-electron chi connectivity index (χ2n) is 8.54. The molecule has 3 atom stereocenters. The number of hydrogen-bond donors (Lipinski definition) is 1. The minimum atomic E-state index is -4.58. The number of amides is 3. The first-order valence-corrected chi connectivity index (χ1v) is 10.9. The van der Waals surface area contributed by atoms with Gasteiger partial charge in [-0.05, 0) is 38.0 Å². The SMILES string of the molecule is C[C@@H](C(=O)Nc1cc(C(F)(F)F)ccc1N1CCOCC1)N1C(=O)C2CCCCC2C1=O. The fourth-order valence-electron chi connectivity index (χ4n) is 4.82. The lowest BCUT2D eigenvalue weighted by Crippen LogP contribution is -2.46. The van der Waals surface area contributed by atoms with Gasteiger partial charge in [-0.1, -0.05) is 12.8 Å². The molecule has 32 heavy (non-hydrogen) atoms. The molecule has 1 N–H and O–H groups in total. The number of halogens is 3. The van der Waals surface area contributed by atoms with Gasteiger partial charge in [-0.25, -0.2) is 0 Å². The minimum Gasteiger partial charge on any atom is -0.378 e. The molecule has 3 fully saturated rings. The molecule has 3 aliphatic rings. The maximum absolute atomic E-state index is 13.3. The molecule has 2 saturated heterocycles. The number of rotatable bonds is 4. The molecule has 2 heterocycles. The summed E-state index contributed by atoms with van der Waals surface area (Å²) in [6, 6.07) is 2.08. The van der Waals surface area contributed by atoms with Gasteiger partial charge in [-0.3, -0.25) is 19.3 Å². The van der Waals surface area contributed by atoms with E-state index < -0.39 is 35.5 Å². The van der Waals surface area contributed by atoms with E-state index >= 15 is 0 Å². The summed E-state index contributed by atoms with van der Waals surface area (Å²) < 4.78 is 45.2.